The summed E-state index contributed by atoms with van der Waals surface area (Å²) < 4.78 is 11.0. The molecule has 1 fully saturated rings. The van der Waals surface area contributed by atoms with E-state index in [-0.39, 0.29) is 17.6 Å². The summed E-state index contributed by atoms with van der Waals surface area (Å²) >= 11 is 12.5. The van der Waals surface area contributed by atoms with Gasteiger partial charge in [-0.05, 0) is 30.2 Å². The van der Waals surface area contributed by atoms with Crippen molar-refractivity contribution in [1.29, 1.82) is 0 Å². The fraction of sp³-hybridized carbons (Fsp3) is 0.385. The minimum absolute atomic E-state index is 0.0562. The largest absolute Gasteiger partial charge is 0.447 e. The molecule has 1 unspecified atom stereocenters. The van der Waals surface area contributed by atoms with Gasteiger partial charge in [-0.1, -0.05) is 59.6 Å². The van der Waals surface area contributed by atoms with Crippen molar-refractivity contribution in [3.05, 3.63) is 87.6 Å². The quantitative estimate of drug-likeness (QED) is 0.417. The van der Waals surface area contributed by atoms with E-state index < -0.39 is 0 Å². The third kappa shape index (κ3) is 7.29. The molecule has 0 spiro atoms. The van der Waals surface area contributed by atoms with Crippen LogP contribution in [0.1, 0.15) is 40.5 Å². The highest BCUT2D eigenvalue weighted by atomic mass is 35.5. The highest BCUT2D eigenvalue weighted by Crippen LogP contribution is 2.28. The molecule has 1 amide bonds. The number of carbonyl (C=O) groups excluding carboxylic acids is 1. The maximum Gasteiger partial charge on any atom is 0.273 e. The average molecular weight is 517 g/mol. The highest BCUT2D eigenvalue weighted by Gasteiger charge is 2.21. The Labute approximate surface area is 216 Å². The normalized spacial score (nSPS) is 15.3. The van der Waals surface area contributed by atoms with Crippen molar-refractivity contribution in [3.8, 4) is 0 Å². The van der Waals surface area contributed by atoms with Gasteiger partial charge in [-0.25, -0.2) is 4.98 Å². The molecule has 1 N–H and O–H groups in total. The molecule has 0 radical (unpaired) electrons. The first-order valence-corrected chi connectivity index (χ1v) is 12.5. The number of hydrogen-bond acceptors (Lipinski definition) is 6. The number of oxazole rings is 1. The fourth-order valence-electron chi connectivity index (χ4n) is 4.05. The maximum absolute atomic E-state index is 12.6. The van der Waals surface area contributed by atoms with Crippen LogP contribution in [-0.2, 0) is 17.8 Å². The number of rotatable bonds is 10. The van der Waals surface area contributed by atoms with Crippen LogP contribution in [0, 0.1) is 0 Å². The zero-order valence-electron chi connectivity index (χ0n) is 19.8. The van der Waals surface area contributed by atoms with E-state index >= 15 is 0 Å². The Morgan fingerprint density at radius 3 is 2.66 bits per heavy atom. The summed E-state index contributed by atoms with van der Waals surface area (Å²) in [6, 6.07) is 15.8. The van der Waals surface area contributed by atoms with Crippen LogP contribution in [0.15, 0.2) is 59.2 Å². The van der Waals surface area contributed by atoms with Gasteiger partial charge in [-0.3, -0.25) is 14.6 Å². The van der Waals surface area contributed by atoms with E-state index in [0.717, 1.165) is 44.0 Å². The molecule has 186 valence electrons. The summed E-state index contributed by atoms with van der Waals surface area (Å²) in [7, 11) is 0. The Kier molecular flexibility index (Phi) is 9.18. The van der Waals surface area contributed by atoms with Gasteiger partial charge in [0.1, 0.15) is 6.26 Å². The third-order valence-corrected chi connectivity index (χ3v) is 6.75. The van der Waals surface area contributed by atoms with Gasteiger partial charge >= 0.3 is 0 Å². The van der Waals surface area contributed by atoms with Gasteiger partial charge in [0.15, 0.2) is 5.69 Å². The SMILES string of the molecule is CC(c1ccccc1)N(Cc1nc(C(=O)NCCN2CCOCC2)co1)Cc1ccc(Cl)cc1Cl. The number of ether oxygens (including phenoxy) is 1. The molecule has 2 aromatic carbocycles. The Balaban J connectivity index is 1.42. The van der Waals surface area contributed by atoms with Gasteiger partial charge in [0.2, 0.25) is 5.89 Å². The zero-order chi connectivity index (χ0) is 24.6. The molecule has 35 heavy (non-hydrogen) atoms. The molecule has 0 aliphatic carbocycles. The molecule has 1 aromatic heterocycles. The zero-order valence-corrected chi connectivity index (χ0v) is 21.3. The number of amides is 1. The second kappa shape index (κ2) is 12.5. The van der Waals surface area contributed by atoms with Crippen molar-refractivity contribution in [2.75, 3.05) is 39.4 Å². The first-order chi connectivity index (χ1) is 17.0. The molecule has 1 saturated heterocycles. The molecular weight excluding hydrogens is 487 g/mol. The van der Waals surface area contributed by atoms with Crippen molar-refractivity contribution in [3.63, 3.8) is 0 Å². The molecule has 9 heteroatoms. The van der Waals surface area contributed by atoms with Crippen LogP contribution < -0.4 is 5.32 Å². The predicted octanol–water partition coefficient (Wildman–Crippen LogP) is 4.81. The van der Waals surface area contributed by atoms with Crippen LogP contribution in [0.4, 0.5) is 0 Å². The lowest BCUT2D eigenvalue weighted by Gasteiger charge is -2.28. The number of aromatic nitrogens is 1. The monoisotopic (exact) mass is 516 g/mol. The van der Waals surface area contributed by atoms with E-state index in [1.807, 2.05) is 30.3 Å². The Morgan fingerprint density at radius 1 is 1.14 bits per heavy atom. The molecule has 1 atom stereocenters. The van der Waals surface area contributed by atoms with Gasteiger partial charge in [-0.2, -0.15) is 0 Å². The number of nitrogens with one attached hydrogen (secondary N) is 1. The standard InChI is InChI=1S/C26H30Cl2N4O3/c1-19(20-5-3-2-4-6-20)32(16-21-7-8-22(27)15-23(21)28)17-25-30-24(18-35-25)26(33)29-9-10-31-11-13-34-14-12-31/h2-8,15,18-19H,9-14,16-17H2,1H3,(H,29,33). The van der Waals surface area contributed by atoms with Gasteiger partial charge in [0, 0.05) is 48.8 Å². The number of halogens is 2. The molecule has 3 aromatic rings. The summed E-state index contributed by atoms with van der Waals surface area (Å²) in [5.74, 6) is 0.229. The summed E-state index contributed by atoms with van der Waals surface area (Å²) in [5.41, 5.74) is 2.38. The first kappa shape index (κ1) is 25.7. The maximum atomic E-state index is 12.6. The molecule has 4 rings (SSSR count). The van der Waals surface area contributed by atoms with Gasteiger partial charge < -0.3 is 14.5 Å². The Hall–Kier alpha value is -2.42. The average Bonchev–Trinajstić information content (AvgIpc) is 3.34. The molecule has 1 aliphatic rings. The number of carbonyl (C=O) groups is 1. The minimum Gasteiger partial charge on any atom is -0.447 e. The number of hydrogen-bond donors (Lipinski definition) is 1. The van der Waals surface area contributed by atoms with E-state index in [0.29, 0.717) is 35.6 Å². The van der Waals surface area contributed by atoms with Crippen LogP contribution in [0.3, 0.4) is 0 Å². The summed E-state index contributed by atoms with van der Waals surface area (Å²) in [6.07, 6.45) is 1.42. The molecule has 0 saturated carbocycles. The van der Waals surface area contributed by atoms with Crippen molar-refractivity contribution in [2.24, 2.45) is 0 Å². The van der Waals surface area contributed by atoms with Crippen molar-refractivity contribution in [1.82, 2.24) is 20.1 Å². The van der Waals surface area contributed by atoms with Crippen LogP contribution in [0.25, 0.3) is 0 Å². The summed E-state index contributed by atoms with van der Waals surface area (Å²) in [4.78, 5) is 21.5. The number of morpholine rings is 1. The van der Waals surface area contributed by atoms with Crippen LogP contribution in [-0.4, -0.2) is 60.1 Å². The third-order valence-electron chi connectivity index (χ3n) is 6.16. The van der Waals surface area contributed by atoms with E-state index in [1.165, 1.54) is 6.26 Å². The molecular formula is C26H30Cl2N4O3. The Bertz CT molecular complexity index is 1100. The minimum atomic E-state index is -0.239. The predicted molar refractivity (Wildman–Crippen MR) is 137 cm³/mol. The van der Waals surface area contributed by atoms with E-state index in [9.17, 15) is 4.79 Å². The number of nitrogens with zero attached hydrogens (tertiary/aromatic N) is 3. The van der Waals surface area contributed by atoms with Gasteiger partial charge in [0.25, 0.3) is 5.91 Å². The molecule has 7 nitrogen and oxygen atoms in total. The molecule has 0 bridgehead atoms. The fourth-order valence-corrected chi connectivity index (χ4v) is 4.51. The molecule has 2 heterocycles. The van der Waals surface area contributed by atoms with Crippen LogP contribution >= 0.6 is 23.2 Å². The van der Waals surface area contributed by atoms with E-state index in [4.69, 9.17) is 32.4 Å². The summed E-state index contributed by atoms with van der Waals surface area (Å²) in [6.45, 7) is 7.68. The molecule has 1 aliphatic heterocycles. The lowest BCUT2D eigenvalue weighted by molar-refractivity contribution is 0.0383. The lowest BCUT2D eigenvalue weighted by atomic mass is 10.1. The van der Waals surface area contributed by atoms with Crippen molar-refractivity contribution < 1.29 is 13.9 Å². The van der Waals surface area contributed by atoms with Gasteiger partial charge in [0.05, 0.1) is 19.8 Å². The van der Waals surface area contributed by atoms with Gasteiger partial charge in [-0.15, -0.1) is 0 Å². The second-order valence-electron chi connectivity index (χ2n) is 8.56. The number of benzene rings is 2. The smallest absolute Gasteiger partial charge is 0.273 e. The van der Waals surface area contributed by atoms with E-state index in [1.54, 1.807) is 6.07 Å². The first-order valence-electron chi connectivity index (χ1n) is 11.7. The highest BCUT2D eigenvalue weighted by molar-refractivity contribution is 6.35. The lowest BCUT2D eigenvalue weighted by Crippen LogP contribution is -2.41. The Morgan fingerprint density at radius 2 is 1.91 bits per heavy atom. The van der Waals surface area contributed by atoms with Crippen LogP contribution in [0.5, 0.6) is 0 Å². The van der Waals surface area contributed by atoms with E-state index in [2.05, 4.69) is 39.2 Å². The topological polar surface area (TPSA) is 70.8 Å². The van der Waals surface area contributed by atoms with Crippen molar-refractivity contribution in [2.45, 2.75) is 26.1 Å². The second-order valence-corrected chi connectivity index (χ2v) is 9.41. The van der Waals surface area contributed by atoms with Crippen molar-refractivity contribution >= 4 is 29.1 Å². The van der Waals surface area contributed by atoms with Crippen LogP contribution in [0.2, 0.25) is 10.0 Å². The summed E-state index contributed by atoms with van der Waals surface area (Å²) in [5, 5.41) is 4.13.